The van der Waals surface area contributed by atoms with Gasteiger partial charge in [-0.3, -0.25) is 0 Å². The van der Waals surface area contributed by atoms with Crippen molar-refractivity contribution in [1.29, 1.82) is 0 Å². The molecule has 0 spiro atoms. The fourth-order valence-corrected chi connectivity index (χ4v) is 2.75. The van der Waals surface area contributed by atoms with Gasteiger partial charge in [-0.25, -0.2) is 0 Å². The van der Waals surface area contributed by atoms with Crippen molar-refractivity contribution in [2.45, 2.75) is 24.2 Å². The van der Waals surface area contributed by atoms with Gasteiger partial charge in [0.05, 0.1) is 13.2 Å². The molecule has 4 heteroatoms. The van der Waals surface area contributed by atoms with E-state index < -0.39 is 0 Å². The van der Waals surface area contributed by atoms with Gasteiger partial charge in [0, 0.05) is 17.2 Å². The van der Waals surface area contributed by atoms with Crippen LogP contribution in [0.5, 0.6) is 11.5 Å². The summed E-state index contributed by atoms with van der Waals surface area (Å²) in [6.45, 7) is 1.49. The fourth-order valence-electron chi connectivity index (χ4n) is 1.62. The monoisotopic (exact) mass is 272 g/mol. The molecule has 1 aliphatic heterocycles. The third-order valence-electron chi connectivity index (χ3n) is 2.52. The predicted molar refractivity (Wildman–Crippen MR) is 72.7 cm³/mol. The Balaban J connectivity index is 1.93. The van der Waals surface area contributed by atoms with Crippen LogP contribution in [-0.4, -0.2) is 24.8 Å². The predicted octanol–water partition coefficient (Wildman–Crippen LogP) is 3.96. The smallest absolute Gasteiger partial charge is 0.162 e. The standard InChI is InChI=1S/C13H17ClO2S/c14-6-1-2-9-17-11-4-5-12-13(10-11)16-8-3-7-15-12/h4-5,10H,1-3,6-9H2. The maximum Gasteiger partial charge on any atom is 0.162 e. The van der Waals surface area contributed by atoms with Crippen molar-refractivity contribution < 1.29 is 9.47 Å². The lowest BCUT2D eigenvalue weighted by Gasteiger charge is -2.08. The van der Waals surface area contributed by atoms with Crippen LogP contribution in [0.3, 0.4) is 0 Å². The van der Waals surface area contributed by atoms with Gasteiger partial charge in [0.25, 0.3) is 0 Å². The summed E-state index contributed by atoms with van der Waals surface area (Å²) in [5.74, 6) is 3.60. The molecule has 0 aromatic heterocycles. The van der Waals surface area contributed by atoms with Gasteiger partial charge in [0.2, 0.25) is 0 Å². The quantitative estimate of drug-likeness (QED) is 0.459. The number of hydrogen-bond acceptors (Lipinski definition) is 3. The lowest BCUT2D eigenvalue weighted by atomic mass is 10.3. The van der Waals surface area contributed by atoms with Crippen LogP contribution in [0.2, 0.25) is 0 Å². The molecular formula is C13H17ClO2S. The summed E-state index contributed by atoms with van der Waals surface area (Å²) in [4.78, 5) is 1.24. The number of ether oxygens (including phenoxy) is 2. The van der Waals surface area contributed by atoms with E-state index in [0.717, 1.165) is 55.6 Å². The Kier molecular flexibility index (Phi) is 5.33. The summed E-state index contributed by atoms with van der Waals surface area (Å²) in [5, 5.41) is 0. The third-order valence-corrected chi connectivity index (χ3v) is 3.86. The number of alkyl halides is 1. The summed E-state index contributed by atoms with van der Waals surface area (Å²) in [6.07, 6.45) is 3.19. The largest absolute Gasteiger partial charge is 0.490 e. The Morgan fingerprint density at radius 2 is 1.94 bits per heavy atom. The Bertz CT molecular complexity index is 357. The molecular weight excluding hydrogens is 256 g/mol. The van der Waals surface area contributed by atoms with Crippen LogP contribution < -0.4 is 9.47 Å². The van der Waals surface area contributed by atoms with Crippen LogP contribution in [0.4, 0.5) is 0 Å². The molecule has 0 unspecified atom stereocenters. The number of rotatable bonds is 5. The highest BCUT2D eigenvalue weighted by atomic mass is 35.5. The van der Waals surface area contributed by atoms with Crippen molar-refractivity contribution in [3.63, 3.8) is 0 Å². The summed E-state index contributed by atoms with van der Waals surface area (Å²) >= 11 is 7.50. The van der Waals surface area contributed by atoms with Gasteiger partial charge in [-0.05, 0) is 36.8 Å². The molecule has 1 aromatic carbocycles. The van der Waals surface area contributed by atoms with Crippen molar-refractivity contribution in [2.75, 3.05) is 24.8 Å². The normalized spacial score (nSPS) is 14.4. The van der Waals surface area contributed by atoms with E-state index in [4.69, 9.17) is 21.1 Å². The maximum absolute atomic E-state index is 5.66. The number of hydrogen-bond donors (Lipinski definition) is 0. The molecule has 94 valence electrons. The maximum atomic E-state index is 5.66. The molecule has 0 fully saturated rings. The molecule has 1 heterocycles. The molecule has 0 N–H and O–H groups in total. The van der Waals surface area contributed by atoms with E-state index in [-0.39, 0.29) is 0 Å². The fraction of sp³-hybridized carbons (Fsp3) is 0.538. The first-order chi connectivity index (χ1) is 8.40. The molecule has 0 atom stereocenters. The molecule has 2 rings (SSSR count). The molecule has 0 radical (unpaired) electrons. The number of thioether (sulfide) groups is 1. The van der Waals surface area contributed by atoms with Gasteiger partial charge in [-0.2, -0.15) is 0 Å². The SMILES string of the molecule is ClCCCCSc1ccc2c(c1)OCCCO2. The van der Waals surface area contributed by atoms with E-state index >= 15 is 0 Å². The molecule has 2 nitrogen and oxygen atoms in total. The van der Waals surface area contributed by atoms with Gasteiger partial charge in [0.1, 0.15) is 0 Å². The first-order valence-electron chi connectivity index (χ1n) is 5.98. The minimum atomic E-state index is 0.743. The van der Waals surface area contributed by atoms with Crippen molar-refractivity contribution >= 4 is 23.4 Å². The zero-order valence-corrected chi connectivity index (χ0v) is 11.4. The van der Waals surface area contributed by atoms with Crippen molar-refractivity contribution in [3.05, 3.63) is 18.2 Å². The van der Waals surface area contributed by atoms with E-state index in [1.165, 1.54) is 4.90 Å². The van der Waals surface area contributed by atoms with E-state index in [1.807, 2.05) is 17.8 Å². The minimum Gasteiger partial charge on any atom is -0.490 e. The molecule has 1 aliphatic rings. The number of unbranched alkanes of at least 4 members (excludes halogenated alkanes) is 1. The second-order valence-corrected chi connectivity index (χ2v) is 5.45. The first kappa shape index (κ1) is 12.9. The Labute approximate surface area is 112 Å². The summed E-state index contributed by atoms with van der Waals surface area (Å²) in [6, 6.07) is 6.18. The van der Waals surface area contributed by atoms with Crippen molar-refractivity contribution in [3.8, 4) is 11.5 Å². The number of fused-ring (bicyclic) bond motifs is 1. The first-order valence-corrected chi connectivity index (χ1v) is 7.50. The molecule has 0 aliphatic carbocycles. The van der Waals surface area contributed by atoms with E-state index in [1.54, 1.807) is 0 Å². The van der Waals surface area contributed by atoms with Gasteiger partial charge < -0.3 is 9.47 Å². The lowest BCUT2D eigenvalue weighted by molar-refractivity contribution is 0.297. The summed E-state index contributed by atoms with van der Waals surface area (Å²) in [5.41, 5.74) is 0. The second-order valence-electron chi connectivity index (χ2n) is 3.90. The molecule has 17 heavy (non-hydrogen) atoms. The average Bonchev–Trinajstić information content (AvgIpc) is 2.59. The second kappa shape index (κ2) is 7.02. The minimum absolute atomic E-state index is 0.743. The van der Waals surface area contributed by atoms with Gasteiger partial charge >= 0.3 is 0 Å². The lowest BCUT2D eigenvalue weighted by Crippen LogP contribution is -1.97. The highest BCUT2D eigenvalue weighted by Crippen LogP contribution is 2.34. The van der Waals surface area contributed by atoms with Gasteiger partial charge in [0.15, 0.2) is 11.5 Å². The zero-order chi connectivity index (χ0) is 11.9. The average molecular weight is 273 g/mol. The topological polar surface area (TPSA) is 18.5 Å². The van der Waals surface area contributed by atoms with Crippen LogP contribution in [0.1, 0.15) is 19.3 Å². The molecule has 0 saturated heterocycles. The van der Waals surface area contributed by atoms with E-state index in [9.17, 15) is 0 Å². The molecule has 0 bridgehead atoms. The zero-order valence-electron chi connectivity index (χ0n) is 9.78. The Morgan fingerprint density at radius 1 is 1.12 bits per heavy atom. The van der Waals surface area contributed by atoms with Crippen molar-refractivity contribution in [1.82, 2.24) is 0 Å². The van der Waals surface area contributed by atoms with Crippen LogP contribution in [0.15, 0.2) is 23.1 Å². The number of benzene rings is 1. The molecule has 0 saturated carbocycles. The van der Waals surface area contributed by atoms with E-state index in [2.05, 4.69) is 12.1 Å². The van der Waals surface area contributed by atoms with Crippen LogP contribution in [0, 0.1) is 0 Å². The third kappa shape index (κ3) is 4.00. The molecule has 0 amide bonds. The molecule has 1 aromatic rings. The van der Waals surface area contributed by atoms with Gasteiger partial charge in [-0.1, -0.05) is 0 Å². The number of halogens is 1. The van der Waals surface area contributed by atoms with Crippen LogP contribution >= 0.6 is 23.4 Å². The highest BCUT2D eigenvalue weighted by molar-refractivity contribution is 7.99. The summed E-state index contributed by atoms with van der Waals surface area (Å²) < 4.78 is 11.3. The Morgan fingerprint density at radius 3 is 2.76 bits per heavy atom. The van der Waals surface area contributed by atoms with E-state index in [0.29, 0.717) is 0 Å². The van der Waals surface area contributed by atoms with Crippen LogP contribution in [0.25, 0.3) is 0 Å². The van der Waals surface area contributed by atoms with Gasteiger partial charge in [-0.15, -0.1) is 23.4 Å². The Hall–Kier alpha value is -0.540. The highest BCUT2D eigenvalue weighted by Gasteiger charge is 2.10. The summed E-state index contributed by atoms with van der Waals surface area (Å²) in [7, 11) is 0. The van der Waals surface area contributed by atoms with Crippen molar-refractivity contribution in [2.24, 2.45) is 0 Å². The van der Waals surface area contributed by atoms with Crippen LogP contribution in [-0.2, 0) is 0 Å².